The van der Waals surface area contributed by atoms with E-state index in [1.807, 2.05) is 41.8 Å². The predicted octanol–water partition coefficient (Wildman–Crippen LogP) is 5.14. The van der Waals surface area contributed by atoms with Gasteiger partial charge >= 0.3 is 0 Å². The molecule has 1 aliphatic rings. The topological polar surface area (TPSA) is 42.2 Å². The number of allylic oxidation sites excluding steroid dienone is 1. The van der Waals surface area contributed by atoms with Gasteiger partial charge in [-0.15, -0.1) is 11.3 Å². The lowest BCUT2D eigenvalue weighted by Gasteiger charge is -2.16. The second-order valence-electron chi connectivity index (χ2n) is 5.58. The van der Waals surface area contributed by atoms with Crippen LogP contribution < -0.4 is 9.47 Å². The molecule has 0 spiro atoms. The van der Waals surface area contributed by atoms with Crippen LogP contribution in [-0.4, -0.2) is 13.2 Å². The van der Waals surface area contributed by atoms with Gasteiger partial charge in [0.1, 0.15) is 6.07 Å². The summed E-state index contributed by atoms with van der Waals surface area (Å²) < 4.78 is 11.5. The van der Waals surface area contributed by atoms with Crippen molar-refractivity contribution in [3.63, 3.8) is 0 Å². The SMILES string of the molecule is COc1ccc(/C=C(\C#N)c2cccs2)cc1OC1CCCC1. The molecule has 0 saturated heterocycles. The van der Waals surface area contributed by atoms with Gasteiger partial charge in [-0.1, -0.05) is 12.1 Å². The normalized spacial score (nSPS) is 15.4. The summed E-state index contributed by atoms with van der Waals surface area (Å²) >= 11 is 1.57. The van der Waals surface area contributed by atoms with Crippen molar-refractivity contribution in [2.24, 2.45) is 0 Å². The van der Waals surface area contributed by atoms with Crippen LogP contribution in [0.1, 0.15) is 36.1 Å². The average Bonchev–Trinajstić information content (AvgIpc) is 3.26. The largest absolute Gasteiger partial charge is 0.493 e. The van der Waals surface area contributed by atoms with Crippen LogP contribution in [0.2, 0.25) is 0 Å². The number of ether oxygens (including phenoxy) is 2. The van der Waals surface area contributed by atoms with E-state index in [0.717, 1.165) is 34.8 Å². The lowest BCUT2D eigenvalue weighted by atomic mass is 10.1. The van der Waals surface area contributed by atoms with Gasteiger partial charge in [0.05, 0.1) is 18.8 Å². The third-order valence-electron chi connectivity index (χ3n) is 4.00. The molecule has 0 aliphatic heterocycles. The van der Waals surface area contributed by atoms with Crippen molar-refractivity contribution in [1.82, 2.24) is 0 Å². The molecular weight excluding hydrogens is 306 g/mol. The Kier molecular flexibility index (Phi) is 4.99. The van der Waals surface area contributed by atoms with Crippen molar-refractivity contribution >= 4 is 23.0 Å². The molecule has 4 heteroatoms. The fraction of sp³-hybridized carbons (Fsp3) is 0.316. The highest BCUT2D eigenvalue weighted by atomic mass is 32.1. The Morgan fingerprint density at radius 3 is 2.74 bits per heavy atom. The van der Waals surface area contributed by atoms with Crippen molar-refractivity contribution < 1.29 is 9.47 Å². The van der Waals surface area contributed by atoms with E-state index in [1.165, 1.54) is 12.8 Å². The fourth-order valence-electron chi connectivity index (χ4n) is 2.82. The number of nitrogens with zero attached hydrogens (tertiary/aromatic N) is 1. The van der Waals surface area contributed by atoms with Crippen LogP contribution in [0.4, 0.5) is 0 Å². The Bertz CT molecular complexity index is 722. The number of rotatable bonds is 5. The van der Waals surface area contributed by atoms with E-state index in [0.29, 0.717) is 5.57 Å². The van der Waals surface area contributed by atoms with E-state index in [9.17, 15) is 5.26 Å². The van der Waals surface area contributed by atoms with E-state index in [1.54, 1.807) is 18.4 Å². The third kappa shape index (κ3) is 3.75. The Hall–Kier alpha value is -2.25. The van der Waals surface area contributed by atoms with Gasteiger partial charge in [-0.25, -0.2) is 0 Å². The number of nitriles is 1. The third-order valence-corrected chi connectivity index (χ3v) is 4.90. The summed E-state index contributed by atoms with van der Waals surface area (Å²) in [6, 6.07) is 12.0. The molecule has 0 amide bonds. The second-order valence-corrected chi connectivity index (χ2v) is 6.53. The van der Waals surface area contributed by atoms with E-state index >= 15 is 0 Å². The number of hydrogen-bond donors (Lipinski definition) is 0. The van der Waals surface area contributed by atoms with Gasteiger partial charge in [0.2, 0.25) is 0 Å². The molecule has 0 atom stereocenters. The lowest BCUT2D eigenvalue weighted by Crippen LogP contribution is -2.11. The molecule has 0 unspecified atom stereocenters. The Morgan fingerprint density at radius 2 is 2.09 bits per heavy atom. The van der Waals surface area contributed by atoms with Crippen LogP contribution in [0.5, 0.6) is 11.5 Å². The number of thiophene rings is 1. The molecule has 23 heavy (non-hydrogen) atoms. The molecule has 1 aromatic heterocycles. The molecule has 118 valence electrons. The minimum absolute atomic E-state index is 0.274. The fourth-order valence-corrected chi connectivity index (χ4v) is 3.51. The summed E-state index contributed by atoms with van der Waals surface area (Å²) in [7, 11) is 1.65. The maximum Gasteiger partial charge on any atom is 0.162 e. The Balaban J connectivity index is 1.89. The molecule has 0 radical (unpaired) electrons. The quantitative estimate of drug-likeness (QED) is 0.715. The molecule has 1 heterocycles. The highest BCUT2D eigenvalue weighted by Crippen LogP contribution is 2.33. The average molecular weight is 325 g/mol. The highest BCUT2D eigenvalue weighted by molar-refractivity contribution is 7.11. The number of benzene rings is 1. The van der Waals surface area contributed by atoms with Gasteiger partial charge in [0.25, 0.3) is 0 Å². The smallest absolute Gasteiger partial charge is 0.162 e. The zero-order valence-electron chi connectivity index (χ0n) is 13.1. The van der Waals surface area contributed by atoms with Crippen LogP contribution >= 0.6 is 11.3 Å². The van der Waals surface area contributed by atoms with Crippen molar-refractivity contribution in [1.29, 1.82) is 5.26 Å². The summed E-state index contributed by atoms with van der Waals surface area (Å²) in [5.74, 6) is 1.50. The first-order chi connectivity index (χ1) is 11.3. The second kappa shape index (κ2) is 7.34. The molecule has 1 saturated carbocycles. The van der Waals surface area contributed by atoms with Crippen LogP contribution in [0.25, 0.3) is 11.6 Å². The van der Waals surface area contributed by atoms with Crippen LogP contribution in [0.3, 0.4) is 0 Å². The van der Waals surface area contributed by atoms with Gasteiger partial charge in [0, 0.05) is 4.88 Å². The monoisotopic (exact) mass is 325 g/mol. The minimum atomic E-state index is 0.274. The number of methoxy groups -OCH3 is 1. The van der Waals surface area contributed by atoms with Crippen molar-refractivity contribution in [3.05, 3.63) is 46.2 Å². The van der Waals surface area contributed by atoms with Crippen molar-refractivity contribution in [2.75, 3.05) is 7.11 Å². The van der Waals surface area contributed by atoms with E-state index in [-0.39, 0.29) is 6.10 Å². The van der Waals surface area contributed by atoms with Crippen molar-refractivity contribution in [3.8, 4) is 17.6 Å². The van der Waals surface area contributed by atoms with E-state index in [4.69, 9.17) is 9.47 Å². The zero-order valence-corrected chi connectivity index (χ0v) is 13.9. The Morgan fingerprint density at radius 1 is 1.26 bits per heavy atom. The van der Waals surface area contributed by atoms with Crippen molar-refractivity contribution in [2.45, 2.75) is 31.8 Å². The van der Waals surface area contributed by atoms with Gasteiger partial charge in [-0.3, -0.25) is 0 Å². The summed E-state index contributed by atoms with van der Waals surface area (Å²) in [6.07, 6.45) is 6.82. The maximum atomic E-state index is 9.39. The minimum Gasteiger partial charge on any atom is -0.493 e. The van der Waals surface area contributed by atoms with Crippen LogP contribution in [-0.2, 0) is 0 Å². The first-order valence-corrected chi connectivity index (χ1v) is 8.68. The molecule has 0 N–H and O–H groups in total. The molecule has 3 rings (SSSR count). The summed E-state index contributed by atoms with van der Waals surface area (Å²) in [5, 5.41) is 11.4. The van der Waals surface area contributed by atoms with Gasteiger partial charge < -0.3 is 9.47 Å². The molecule has 1 aromatic carbocycles. The first kappa shape index (κ1) is 15.6. The molecule has 3 nitrogen and oxygen atoms in total. The lowest BCUT2D eigenvalue weighted by molar-refractivity contribution is 0.201. The highest BCUT2D eigenvalue weighted by Gasteiger charge is 2.18. The molecule has 0 bridgehead atoms. The zero-order chi connectivity index (χ0) is 16.1. The summed E-state index contributed by atoms with van der Waals surface area (Å²) in [5.41, 5.74) is 1.61. The number of hydrogen-bond acceptors (Lipinski definition) is 4. The Labute approximate surface area is 140 Å². The van der Waals surface area contributed by atoms with Gasteiger partial charge in [-0.05, 0) is 60.9 Å². The van der Waals surface area contributed by atoms with Crippen LogP contribution in [0.15, 0.2) is 35.7 Å². The van der Waals surface area contributed by atoms with Gasteiger partial charge in [-0.2, -0.15) is 5.26 Å². The molecular formula is C19H19NO2S. The van der Waals surface area contributed by atoms with Crippen LogP contribution in [0, 0.1) is 11.3 Å². The summed E-state index contributed by atoms with van der Waals surface area (Å²) in [4.78, 5) is 0.974. The predicted molar refractivity (Wildman–Crippen MR) is 93.7 cm³/mol. The van der Waals surface area contributed by atoms with E-state index < -0.39 is 0 Å². The standard InChI is InChI=1S/C19H19NO2S/c1-21-17-9-8-14(11-15(13-20)19-7-4-10-23-19)12-18(17)22-16-5-2-3-6-16/h4,7-12,16H,2-3,5-6H2,1H3/b15-11+. The van der Waals surface area contributed by atoms with E-state index in [2.05, 4.69) is 6.07 Å². The van der Waals surface area contributed by atoms with Gasteiger partial charge in [0.15, 0.2) is 11.5 Å². The first-order valence-electron chi connectivity index (χ1n) is 7.80. The molecule has 1 aliphatic carbocycles. The molecule has 1 fully saturated rings. The maximum absolute atomic E-state index is 9.39. The molecule has 2 aromatic rings. The summed E-state index contributed by atoms with van der Waals surface area (Å²) in [6.45, 7) is 0.